The first-order chi connectivity index (χ1) is 15.6. The highest BCUT2D eigenvalue weighted by Gasteiger charge is 2.14. The minimum absolute atomic E-state index is 0.151. The van der Waals surface area contributed by atoms with Crippen LogP contribution in [0.5, 0.6) is 5.75 Å². The van der Waals surface area contributed by atoms with Crippen molar-refractivity contribution in [3.63, 3.8) is 0 Å². The van der Waals surface area contributed by atoms with Crippen molar-refractivity contribution in [2.24, 2.45) is 0 Å². The maximum Gasteiger partial charge on any atom is 0.236 e. The zero-order valence-corrected chi connectivity index (χ0v) is 20.1. The third-order valence-electron chi connectivity index (χ3n) is 4.37. The zero-order chi connectivity index (χ0) is 22.5. The van der Waals surface area contributed by atoms with Crippen LogP contribution in [0, 0.1) is 6.92 Å². The lowest BCUT2D eigenvalue weighted by Crippen LogP contribution is -2.14. The normalized spacial score (nSPS) is 10.8. The molecule has 1 amide bonds. The van der Waals surface area contributed by atoms with E-state index in [9.17, 15) is 4.79 Å². The SMILES string of the molecule is CCc1nnc(NC(=O)CSc2ccc(-c3sc(-c4ccc(OC)cc4)nc3C)nn2)s1. The number of nitrogens with one attached hydrogen (secondary N) is 1. The summed E-state index contributed by atoms with van der Waals surface area (Å²) in [5, 5.41) is 22.3. The van der Waals surface area contributed by atoms with Crippen molar-refractivity contribution in [2.75, 3.05) is 18.2 Å². The number of carbonyl (C=O) groups is 1. The van der Waals surface area contributed by atoms with Crippen LogP contribution < -0.4 is 10.1 Å². The second-order valence-corrected chi connectivity index (χ2v) is 9.67. The fourth-order valence-electron chi connectivity index (χ4n) is 2.75. The Hall–Kier alpha value is -2.89. The van der Waals surface area contributed by atoms with Gasteiger partial charge in [-0.25, -0.2) is 4.98 Å². The molecule has 0 fully saturated rings. The predicted molar refractivity (Wildman–Crippen MR) is 129 cm³/mol. The molecule has 3 aromatic heterocycles. The number of hydrogen-bond acceptors (Lipinski definition) is 10. The molecule has 8 nitrogen and oxygen atoms in total. The highest BCUT2D eigenvalue weighted by atomic mass is 32.2. The van der Waals surface area contributed by atoms with E-state index in [4.69, 9.17) is 4.74 Å². The van der Waals surface area contributed by atoms with Crippen LogP contribution in [0.3, 0.4) is 0 Å². The van der Waals surface area contributed by atoms with Gasteiger partial charge in [0, 0.05) is 5.56 Å². The molecule has 11 heteroatoms. The fraction of sp³-hybridized carbons (Fsp3) is 0.238. The Bertz CT molecular complexity index is 1210. The van der Waals surface area contributed by atoms with Gasteiger partial charge in [-0.3, -0.25) is 10.1 Å². The predicted octanol–water partition coefficient (Wildman–Crippen LogP) is 4.73. The summed E-state index contributed by atoms with van der Waals surface area (Å²) in [7, 11) is 1.65. The number of methoxy groups -OCH3 is 1. The van der Waals surface area contributed by atoms with E-state index in [1.807, 2.05) is 50.2 Å². The Labute approximate surface area is 197 Å². The first kappa shape index (κ1) is 22.3. The number of benzene rings is 1. The van der Waals surface area contributed by atoms with Gasteiger partial charge in [-0.05, 0) is 49.7 Å². The lowest BCUT2D eigenvalue weighted by Gasteiger charge is -2.02. The summed E-state index contributed by atoms with van der Waals surface area (Å²) in [6, 6.07) is 11.6. The summed E-state index contributed by atoms with van der Waals surface area (Å²) in [5.41, 5.74) is 2.69. The van der Waals surface area contributed by atoms with Crippen LogP contribution in [-0.2, 0) is 11.2 Å². The molecule has 32 heavy (non-hydrogen) atoms. The lowest BCUT2D eigenvalue weighted by molar-refractivity contribution is -0.113. The van der Waals surface area contributed by atoms with Gasteiger partial charge >= 0.3 is 0 Å². The van der Waals surface area contributed by atoms with Gasteiger partial charge in [-0.2, -0.15) is 0 Å². The van der Waals surface area contributed by atoms with Crippen LogP contribution in [0.1, 0.15) is 17.6 Å². The molecule has 1 aromatic carbocycles. The molecule has 0 spiro atoms. The summed E-state index contributed by atoms with van der Waals surface area (Å²) in [6.07, 6.45) is 0.797. The summed E-state index contributed by atoms with van der Waals surface area (Å²) >= 11 is 4.28. The number of carbonyl (C=O) groups excluding carboxylic acids is 1. The summed E-state index contributed by atoms with van der Waals surface area (Å²) in [4.78, 5) is 17.8. The molecule has 4 aromatic rings. The number of ether oxygens (including phenoxy) is 1. The number of aryl methyl sites for hydroxylation is 2. The highest BCUT2D eigenvalue weighted by molar-refractivity contribution is 7.99. The number of aromatic nitrogens is 5. The number of hydrogen-bond donors (Lipinski definition) is 1. The molecule has 0 bridgehead atoms. The van der Waals surface area contributed by atoms with E-state index in [1.54, 1.807) is 18.4 Å². The van der Waals surface area contributed by atoms with Crippen LogP contribution in [0.15, 0.2) is 41.4 Å². The third kappa shape index (κ3) is 5.29. The molecule has 164 valence electrons. The van der Waals surface area contributed by atoms with Crippen LogP contribution >= 0.6 is 34.4 Å². The Morgan fingerprint density at radius 3 is 2.53 bits per heavy atom. The van der Waals surface area contributed by atoms with Gasteiger partial charge in [-0.15, -0.1) is 31.7 Å². The van der Waals surface area contributed by atoms with Crippen molar-refractivity contribution >= 4 is 45.5 Å². The third-order valence-corrected chi connectivity index (χ3v) is 7.51. The van der Waals surface area contributed by atoms with Crippen molar-refractivity contribution in [3.8, 4) is 26.9 Å². The van der Waals surface area contributed by atoms with Gasteiger partial charge < -0.3 is 4.74 Å². The largest absolute Gasteiger partial charge is 0.497 e. The highest BCUT2D eigenvalue weighted by Crippen LogP contribution is 2.35. The van der Waals surface area contributed by atoms with E-state index in [2.05, 4.69) is 30.7 Å². The molecule has 0 aliphatic heterocycles. The molecule has 3 heterocycles. The van der Waals surface area contributed by atoms with E-state index in [0.29, 0.717) is 10.2 Å². The lowest BCUT2D eigenvalue weighted by atomic mass is 10.2. The smallest absolute Gasteiger partial charge is 0.236 e. The Morgan fingerprint density at radius 1 is 1.06 bits per heavy atom. The van der Waals surface area contributed by atoms with Gasteiger partial charge in [-0.1, -0.05) is 30.0 Å². The average Bonchev–Trinajstić information content (AvgIpc) is 3.44. The van der Waals surface area contributed by atoms with Crippen molar-refractivity contribution in [1.82, 2.24) is 25.4 Å². The Morgan fingerprint density at radius 2 is 1.88 bits per heavy atom. The number of amides is 1. The Kier molecular flexibility index (Phi) is 7.08. The van der Waals surface area contributed by atoms with Crippen molar-refractivity contribution < 1.29 is 9.53 Å². The summed E-state index contributed by atoms with van der Waals surface area (Å²) < 4.78 is 5.22. The summed E-state index contributed by atoms with van der Waals surface area (Å²) in [6.45, 7) is 3.96. The number of nitrogens with zero attached hydrogens (tertiary/aromatic N) is 5. The maximum absolute atomic E-state index is 12.1. The van der Waals surface area contributed by atoms with Crippen LogP contribution in [0.25, 0.3) is 21.1 Å². The minimum atomic E-state index is -0.151. The molecule has 0 saturated carbocycles. The first-order valence-corrected chi connectivity index (χ1v) is 12.4. The average molecular weight is 485 g/mol. The number of thiazole rings is 1. The van der Waals surface area contributed by atoms with E-state index in [-0.39, 0.29) is 11.7 Å². The molecule has 4 rings (SSSR count). The van der Waals surface area contributed by atoms with E-state index in [1.165, 1.54) is 23.1 Å². The van der Waals surface area contributed by atoms with Gasteiger partial charge in [0.25, 0.3) is 0 Å². The minimum Gasteiger partial charge on any atom is -0.497 e. The van der Waals surface area contributed by atoms with Crippen molar-refractivity contribution in [1.29, 1.82) is 0 Å². The van der Waals surface area contributed by atoms with Gasteiger partial charge in [0.15, 0.2) is 0 Å². The van der Waals surface area contributed by atoms with Crippen LogP contribution in [0.4, 0.5) is 5.13 Å². The monoisotopic (exact) mass is 484 g/mol. The van der Waals surface area contributed by atoms with Gasteiger partial charge in [0.2, 0.25) is 11.0 Å². The second-order valence-electron chi connectivity index (χ2n) is 6.61. The molecular formula is C21H20N6O2S3. The molecule has 0 aliphatic rings. The standard InChI is InChI=1S/C21H20N6O2S3/c1-4-17-25-27-21(31-17)23-16(28)11-30-18-10-9-15(24-26-18)19-12(2)22-20(32-19)13-5-7-14(29-3)8-6-13/h5-10H,4,11H2,1-3H3,(H,23,27,28). The van der Waals surface area contributed by atoms with Crippen molar-refractivity contribution in [3.05, 3.63) is 47.1 Å². The Balaban J connectivity index is 1.39. The molecule has 1 N–H and O–H groups in total. The number of rotatable bonds is 8. The first-order valence-electron chi connectivity index (χ1n) is 9.76. The number of thioether (sulfide) groups is 1. The van der Waals surface area contributed by atoms with Crippen LogP contribution in [0.2, 0.25) is 0 Å². The van der Waals surface area contributed by atoms with Gasteiger partial charge in [0.05, 0.1) is 23.4 Å². The van der Waals surface area contributed by atoms with E-state index < -0.39 is 0 Å². The van der Waals surface area contributed by atoms with Crippen LogP contribution in [-0.4, -0.2) is 44.1 Å². The zero-order valence-electron chi connectivity index (χ0n) is 17.7. The molecule has 0 aliphatic carbocycles. The van der Waals surface area contributed by atoms with E-state index >= 15 is 0 Å². The molecular weight excluding hydrogens is 464 g/mol. The quantitative estimate of drug-likeness (QED) is 0.358. The molecule has 0 radical (unpaired) electrons. The van der Waals surface area contributed by atoms with Crippen molar-refractivity contribution in [2.45, 2.75) is 25.3 Å². The van der Waals surface area contributed by atoms with E-state index in [0.717, 1.165) is 44.0 Å². The molecule has 0 atom stereocenters. The number of anilines is 1. The second kappa shape index (κ2) is 10.2. The summed E-state index contributed by atoms with van der Waals surface area (Å²) in [5.74, 6) is 0.877. The topological polar surface area (TPSA) is 103 Å². The molecule has 0 saturated heterocycles. The maximum atomic E-state index is 12.1. The van der Waals surface area contributed by atoms with Gasteiger partial charge in [0.1, 0.15) is 26.5 Å². The molecule has 0 unspecified atom stereocenters. The fourth-order valence-corrected chi connectivity index (χ4v) is 5.10.